The quantitative estimate of drug-likeness (QED) is 0.696. The first-order valence-corrected chi connectivity index (χ1v) is 4.96. The summed E-state index contributed by atoms with van der Waals surface area (Å²) >= 11 is 0. The molecule has 0 aliphatic heterocycles. The highest BCUT2D eigenvalue weighted by Gasteiger charge is 2.59. The van der Waals surface area contributed by atoms with Gasteiger partial charge in [0, 0.05) is 9.65 Å². The Bertz CT molecular complexity index is 277. The maximum Gasteiger partial charge on any atom is 0.0392 e. The topological polar surface area (TPSA) is 12.0 Å². The van der Waals surface area contributed by atoms with Crippen LogP contribution in [0.4, 0.5) is 0 Å². The summed E-state index contributed by atoms with van der Waals surface area (Å²) in [5, 5.41) is 2.92. The lowest BCUT2D eigenvalue weighted by Crippen LogP contribution is -2.55. The van der Waals surface area contributed by atoms with Gasteiger partial charge in [-0.25, -0.2) is 0 Å². The molecule has 2 rings (SSSR count). The molecular formula is C11H22ClN. The zero-order valence-electron chi connectivity index (χ0n) is 11.7. The van der Waals surface area contributed by atoms with Crippen molar-refractivity contribution in [1.29, 1.82) is 0 Å². The summed E-state index contributed by atoms with van der Waals surface area (Å²) in [4.78, 5) is 0. The summed E-state index contributed by atoms with van der Waals surface area (Å²) < 4.78 is 22.2. The van der Waals surface area contributed by atoms with Gasteiger partial charge in [-0.2, -0.15) is 0 Å². The van der Waals surface area contributed by atoms with E-state index in [0.717, 1.165) is 0 Å². The van der Waals surface area contributed by atoms with Crippen LogP contribution in [0.2, 0.25) is 0 Å². The molecule has 0 aromatic carbocycles. The minimum Gasteiger partial charge on any atom is -0.314 e. The number of halogens is 1. The van der Waals surface area contributed by atoms with E-state index in [9.17, 15) is 0 Å². The number of rotatable bonds is 1. The van der Waals surface area contributed by atoms with Crippen LogP contribution in [-0.2, 0) is 0 Å². The highest BCUT2D eigenvalue weighted by Crippen LogP contribution is 2.60. The van der Waals surface area contributed by atoms with Crippen molar-refractivity contribution in [3.8, 4) is 0 Å². The van der Waals surface area contributed by atoms with E-state index in [1.165, 1.54) is 19.3 Å². The second-order valence-corrected chi connectivity index (χ2v) is 5.26. The summed E-state index contributed by atoms with van der Waals surface area (Å²) in [6.45, 7) is 4.52. The molecule has 2 bridgehead atoms. The summed E-state index contributed by atoms with van der Waals surface area (Å²) in [5.41, 5.74) is -0.120. The molecule has 2 saturated carbocycles. The number of hydrogen-bond donors (Lipinski definition) is 1. The molecule has 0 saturated heterocycles. The van der Waals surface area contributed by atoms with Crippen molar-refractivity contribution in [2.45, 2.75) is 45.6 Å². The number of hydrogen-bond acceptors (Lipinski definition) is 1. The molecule has 3 unspecified atom stereocenters. The minimum absolute atomic E-state index is 0. The van der Waals surface area contributed by atoms with E-state index < -0.39 is 6.98 Å². The van der Waals surface area contributed by atoms with Crippen LogP contribution in [0.15, 0.2) is 0 Å². The normalized spacial score (nSPS) is 50.5. The third-order valence-electron chi connectivity index (χ3n) is 4.87. The maximum absolute atomic E-state index is 7.40. The first kappa shape index (κ1) is 7.53. The Morgan fingerprint density at radius 2 is 1.85 bits per heavy atom. The van der Waals surface area contributed by atoms with Crippen LogP contribution in [0.25, 0.3) is 0 Å². The number of nitrogens with one attached hydrogen (secondary N) is 1. The standard InChI is InChI=1S/C11H21N.ClH/c1-10(2)8-5-6-9(7-8)11(10,3)12-4;/h8-9,12H,5-7H2,1-4H3;1H/i4D3;. The van der Waals surface area contributed by atoms with Crippen molar-refractivity contribution in [2.75, 3.05) is 6.98 Å². The third kappa shape index (κ3) is 1.16. The molecule has 13 heavy (non-hydrogen) atoms. The van der Waals surface area contributed by atoms with E-state index in [2.05, 4.69) is 26.1 Å². The van der Waals surface area contributed by atoms with Gasteiger partial charge in [0.15, 0.2) is 0 Å². The Balaban J connectivity index is 0.00000128. The molecule has 1 N–H and O–H groups in total. The lowest BCUT2D eigenvalue weighted by molar-refractivity contribution is 0.0732. The summed E-state index contributed by atoms with van der Waals surface area (Å²) in [6, 6.07) is 0. The Kier molecular flexibility index (Phi) is 1.81. The third-order valence-corrected chi connectivity index (χ3v) is 4.87. The smallest absolute Gasteiger partial charge is 0.0392 e. The van der Waals surface area contributed by atoms with Gasteiger partial charge in [-0.1, -0.05) is 13.8 Å². The highest BCUT2D eigenvalue weighted by molar-refractivity contribution is 5.85. The average molecular weight is 207 g/mol. The van der Waals surface area contributed by atoms with Crippen molar-refractivity contribution in [3.63, 3.8) is 0 Å². The Morgan fingerprint density at radius 1 is 1.23 bits per heavy atom. The van der Waals surface area contributed by atoms with E-state index in [1.807, 2.05) is 0 Å². The molecule has 0 amide bonds. The highest BCUT2D eigenvalue weighted by atomic mass is 35.5. The van der Waals surface area contributed by atoms with Crippen molar-refractivity contribution < 1.29 is 4.11 Å². The van der Waals surface area contributed by atoms with Gasteiger partial charge in [0.05, 0.1) is 0 Å². The van der Waals surface area contributed by atoms with Gasteiger partial charge in [0.1, 0.15) is 0 Å². The first-order chi connectivity index (χ1) is 6.67. The Morgan fingerprint density at radius 3 is 2.31 bits per heavy atom. The van der Waals surface area contributed by atoms with Gasteiger partial charge in [0.2, 0.25) is 0 Å². The van der Waals surface area contributed by atoms with Crippen molar-refractivity contribution >= 4 is 12.4 Å². The van der Waals surface area contributed by atoms with Crippen molar-refractivity contribution in [1.82, 2.24) is 5.32 Å². The lowest BCUT2D eigenvalue weighted by Gasteiger charge is -2.47. The second kappa shape index (κ2) is 3.13. The fourth-order valence-corrected chi connectivity index (χ4v) is 3.37. The molecule has 0 spiro atoms. The second-order valence-electron chi connectivity index (χ2n) is 5.26. The fraction of sp³-hybridized carbons (Fsp3) is 1.00. The predicted octanol–water partition coefficient (Wildman–Crippen LogP) is 2.84. The van der Waals surface area contributed by atoms with Crippen LogP contribution in [-0.4, -0.2) is 12.5 Å². The molecule has 2 heteroatoms. The summed E-state index contributed by atoms with van der Waals surface area (Å²) in [6.07, 6.45) is 3.66. The molecule has 2 aliphatic rings. The van der Waals surface area contributed by atoms with Gasteiger partial charge >= 0.3 is 0 Å². The van der Waals surface area contributed by atoms with Crippen LogP contribution < -0.4 is 5.32 Å². The molecular weight excluding hydrogens is 182 g/mol. The monoisotopic (exact) mass is 206 g/mol. The van der Waals surface area contributed by atoms with Gasteiger partial charge in [-0.3, -0.25) is 0 Å². The summed E-state index contributed by atoms with van der Waals surface area (Å²) in [5.74, 6) is 1.24. The maximum atomic E-state index is 7.40. The molecule has 3 atom stereocenters. The average Bonchev–Trinajstić information content (AvgIpc) is 2.52. The van der Waals surface area contributed by atoms with Gasteiger partial charge < -0.3 is 5.32 Å². The van der Waals surface area contributed by atoms with E-state index >= 15 is 0 Å². The fourth-order valence-electron chi connectivity index (χ4n) is 3.37. The van der Waals surface area contributed by atoms with Crippen LogP contribution in [0.3, 0.4) is 0 Å². The molecule has 78 valence electrons. The van der Waals surface area contributed by atoms with Gasteiger partial charge in [-0.15, -0.1) is 12.4 Å². The zero-order valence-corrected chi connectivity index (χ0v) is 9.50. The largest absolute Gasteiger partial charge is 0.314 e. The van der Waals surface area contributed by atoms with Crippen LogP contribution >= 0.6 is 12.4 Å². The molecule has 1 nitrogen and oxygen atoms in total. The molecule has 0 heterocycles. The molecule has 2 aliphatic carbocycles. The van der Waals surface area contributed by atoms with Gasteiger partial charge in [0.25, 0.3) is 0 Å². The summed E-state index contributed by atoms with van der Waals surface area (Å²) in [7, 11) is 0. The Hall–Kier alpha value is 0.250. The van der Waals surface area contributed by atoms with E-state index in [-0.39, 0.29) is 23.4 Å². The molecule has 0 aromatic rings. The molecule has 0 aromatic heterocycles. The van der Waals surface area contributed by atoms with Gasteiger partial charge in [-0.05, 0) is 50.4 Å². The first-order valence-electron chi connectivity index (χ1n) is 6.46. The predicted molar refractivity (Wildman–Crippen MR) is 59.3 cm³/mol. The van der Waals surface area contributed by atoms with E-state index in [0.29, 0.717) is 11.8 Å². The number of fused-ring (bicyclic) bond motifs is 2. The lowest BCUT2D eigenvalue weighted by atomic mass is 9.64. The molecule has 2 fully saturated rings. The van der Waals surface area contributed by atoms with E-state index in [4.69, 9.17) is 4.11 Å². The van der Waals surface area contributed by atoms with Crippen LogP contribution in [0.5, 0.6) is 0 Å². The van der Waals surface area contributed by atoms with Crippen LogP contribution in [0.1, 0.15) is 44.1 Å². The van der Waals surface area contributed by atoms with E-state index in [1.54, 1.807) is 0 Å². The van der Waals surface area contributed by atoms with Crippen LogP contribution in [0, 0.1) is 17.3 Å². The zero-order chi connectivity index (χ0) is 11.5. The molecule has 0 radical (unpaired) electrons. The minimum atomic E-state index is -2.02. The Labute approximate surface area is 92.3 Å². The van der Waals surface area contributed by atoms with Crippen molar-refractivity contribution in [3.05, 3.63) is 0 Å². The SMILES string of the molecule is Cl.[2H]C([2H])([2H])NC1(C)C2CCC(C2)C1(C)C. The van der Waals surface area contributed by atoms with Crippen molar-refractivity contribution in [2.24, 2.45) is 17.3 Å².